The van der Waals surface area contributed by atoms with Crippen LogP contribution in [0.4, 0.5) is 0 Å². The average molecular weight is 262 g/mol. The first-order valence-corrected chi connectivity index (χ1v) is 8.92. The van der Waals surface area contributed by atoms with Gasteiger partial charge < -0.3 is 0 Å². The van der Waals surface area contributed by atoms with E-state index < -0.39 is 10.4 Å². The molecule has 94 valence electrons. The molecule has 0 heterocycles. The first kappa shape index (κ1) is 19.2. The fraction of sp³-hybridized carbons (Fsp3) is 1.00. The van der Waals surface area contributed by atoms with Crippen LogP contribution >= 0.6 is 0 Å². The zero-order chi connectivity index (χ0) is 12.9. The van der Waals surface area contributed by atoms with Gasteiger partial charge in [-0.05, 0) is 0 Å². The molecular formula is C10H23NaO4S. The van der Waals surface area contributed by atoms with Crippen LogP contribution in [0.2, 0.25) is 3.67 Å². The fourth-order valence-corrected chi connectivity index (χ4v) is 1.88. The summed E-state index contributed by atoms with van der Waals surface area (Å²) in [5.74, 6) is 0. The molecule has 0 amide bonds. The van der Waals surface area contributed by atoms with Crippen LogP contribution in [0.5, 0.6) is 0 Å². The standard InChI is InChI=1S/C10H21.Na.H2O4S/c1-3-5-7-9-10-8-6-4-2;;1-5(2,3)4/h1,3-10H2,2H3;;(H2,1,2,3,4). The summed E-state index contributed by atoms with van der Waals surface area (Å²) >= 11 is 1.41. The van der Waals surface area contributed by atoms with Crippen LogP contribution in [0.25, 0.3) is 0 Å². The van der Waals surface area contributed by atoms with Gasteiger partial charge in [0.05, 0.1) is 0 Å². The molecule has 2 N–H and O–H groups in total. The van der Waals surface area contributed by atoms with Crippen molar-refractivity contribution in [3.8, 4) is 0 Å². The Morgan fingerprint density at radius 3 is 1.50 bits per heavy atom. The molecule has 0 aliphatic carbocycles. The van der Waals surface area contributed by atoms with E-state index in [0.717, 1.165) is 0 Å². The van der Waals surface area contributed by atoms with Crippen molar-refractivity contribution >= 4 is 38.3 Å². The SMILES string of the molecule is CCCCCCCCC[CH2][Na].O=S(=O)(O)O. The minimum atomic E-state index is -4.67. The quantitative estimate of drug-likeness (QED) is 0.400. The monoisotopic (exact) mass is 262 g/mol. The van der Waals surface area contributed by atoms with Crippen LogP contribution < -0.4 is 0 Å². The second kappa shape index (κ2) is 13.9. The summed E-state index contributed by atoms with van der Waals surface area (Å²) in [5.41, 5.74) is 0. The summed E-state index contributed by atoms with van der Waals surface area (Å²) in [5, 5.41) is 0. The van der Waals surface area contributed by atoms with Crippen LogP contribution in [-0.4, -0.2) is 45.5 Å². The van der Waals surface area contributed by atoms with Gasteiger partial charge in [-0.3, -0.25) is 9.11 Å². The molecule has 0 aliphatic heterocycles. The summed E-state index contributed by atoms with van der Waals surface area (Å²) < 4.78 is 33.1. The van der Waals surface area contributed by atoms with Crippen molar-refractivity contribution in [2.24, 2.45) is 0 Å². The second-order valence-electron chi connectivity index (χ2n) is 3.92. The topological polar surface area (TPSA) is 74.6 Å². The Balaban J connectivity index is 0. The van der Waals surface area contributed by atoms with Crippen LogP contribution in [0.15, 0.2) is 0 Å². The smallest absolute Gasteiger partial charge is 0.264 e. The molecule has 0 spiro atoms. The molecule has 0 saturated heterocycles. The van der Waals surface area contributed by atoms with Gasteiger partial charge in [0, 0.05) is 0 Å². The number of hydrogen-bond acceptors (Lipinski definition) is 2. The van der Waals surface area contributed by atoms with Crippen molar-refractivity contribution in [3.63, 3.8) is 0 Å². The number of rotatable bonds is 8. The van der Waals surface area contributed by atoms with Crippen molar-refractivity contribution in [1.82, 2.24) is 0 Å². The Morgan fingerprint density at radius 2 is 1.19 bits per heavy atom. The Kier molecular flexibility index (Phi) is 16.7. The molecule has 0 aromatic heterocycles. The van der Waals surface area contributed by atoms with Gasteiger partial charge in [0.2, 0.25) is 0 Å². The van der Waals surface area contributed by atoms with Gasteiger partial charge >= 0.3 is 100 Å². The molecule has 4 nitrogen and oxygen atoms in total. The maximum atomic E-state index is 8.74. The Morgan fingerprint density at radius 1 is 0.875 bits per heavy atom. The summed E-state index contributed by atoms with van der Waals surface area (Å²) in [7, 11) is -4.67. The molecular weight excluding hydrogens is 239 g/mol. The molecule has 0 rings (SSSR count). The maximum absolute atomic E-state index is 8.74. The third kappa shape index (κ3) is 36.4. The Labute approximate surface area is 117 Å². The predicted octanol–water partition coefficient (Wildman–Crippen LogP) is 3.06. The molecule has 0 radical (unpaired) electrons. The number of hydrogen-bond donors (Lipinski definition) is 2. The van der Waals surface area contributed by atoms with E-state index in [2.05, 4.69) is 6.92 Å². The van der Waals surface area contributed by atoms with E-state index >= 15 is 0 Å². The van der Waals surface area contributed by atoms with E-state index in [4.69, 9.17) is 17.5 Å². The number of unbranched alkanes of at least 4 members (excludes halogenated alkanes) is 7. The molecule has 16 heavy (non-hydrogen) atoms. The van der Waals surface area contributed by atoms with Crippen molar-refractivity contribution < 1.29 is 17.5 Å². The maximum Gasteiger partial charge on any atom is 0.394 e. The van der Waals surface area contributed by atoms with Gasteiger partial charge in [-0.25, -0.2) is 0 Å². The van der Waals surface area contributed by atoms with Crippen LogP contribution in [0.1, 0.15) is 58.3 Å². The Hall–Kier alpha value is 0.870. The third-order valence-electron chi connectivity index (χ3n) is 2.21. The summed E-state index contributed by atoms with van der Waals surface area (Å²) in [6.07, 6.45) is 11.7. The average Bonchev–Trinajstić information content (AvgIpc) is 2.14. The first-order chi connectivity index (χ1) is 7.41. The van der Waals surface area contributed by atoms with Crippen molar-refractivity contribution in [2.75, 3.05) is 0 Å². The summed E-state index contributed by atoms with van der Waals surface area (Å²) in [4.78, 5) is 0. The van der Waals surface area contributed by atoms with E-state index in [-0.39, 0.29) is 0 Å². The zero-order valence-electron chi connectivity index (χ0n) is 10.5. The zero-order valence-corrected chi connectivity index (χ0v) is 13.3. The Bertz CT molecular complexity index is 201. The minimum Gasteiger partial charge on any atom is -0.264 e. The molecule has 6 heteroatoms. The van der Waals surface area contributed by atoms with Gasteiger partial charge in [0.15, 0.2) is 0 Å². The van der Waals surface area contributed by atoms with Crippen molar-refractivity contribution in [2.45, 2.75) is 62.0 Å². The normalized spacial score (nSPS) is 10.8. The van der Waals surface area contributed by atoms with E-state index in [1.54, 1.807) is 0 Å². The molecule has 0 unspecified atom stereocenters. The van der Waals surface area contributed by atoms with Gasteiger partial charge in [0.1, 0.15) is 0 Å². The van der Waals surface area contributed by atoms with Gasteiger partial charge in [-0.2, -0.15) is 8.42 Å². The van der Waals surface area contributed by atoms with E-state index in [1.807, 2.05) is 0 Å². The third-order valence-corrected chi connectivity index (χ3v) is 2.91. The largest absolute Gasteiger partial charge is 0.394 e. The van der Waals surface area contributed by atoms with Gasteiger partial charge in [-0.15, -0.1) is 0 Å². The predicted molar refractivity (Wildman–Crippen MR) is 67.3 cm³/mol. The van der Waals surface area contributed by atoms with Crippen LogP contribution in [-0.2, 0) is 10.4 Å². The molecule has 0 atom stereocenters. The molecule has 0 aliphatic rings. The summed E-state index contributed by atoms with van der Waals surface area (Å²) in [6.45, 7) is 2.28. The van der Waals surface area contributed by atoms with Crippen molar-refractivity contribution in [3.05, 3.63) is 0 Å². The molecule has 0 aromatic carbocycles. The van der Waals surface area contributed by atoms with E-state index in [0.29, 0.717) is 0 Å². The van der Waals surface area contributed by atoms with Crippen molar-refractivity contribution in [1.29, 1.82) is 0 Å². The molecule has 0 saturated carbocycles. The minimum absolute atomic E-state index is 1.38. The van der Waals surface area contributed by atoms with Gasteiger partial charge in [-0.1, -0.05) is 0 Å². The molecule has 0 bridgehead atoms. The second-order valence-corrected chi connectivity index (χ2v) is 5.82. The van der Waals surface area contributed by atoms with E-state index in [9.17, 15) is 0 Å². The fourth-order valence-electron chi connectivity index (χ4n) is 1.38. The van der Waals surface area contributed by atoms with E-state index in [1.165, 1.54) is 83.0 Å². The summed E-state index contributed by atoms with van der Waals surface area (Å²) in [6, 6.07) is 0. The van der Waals surface area contributed by atoms with Crippen LogP contribution in [0, 0.1) is 0 Å². The van der Waals surface area contributed by atoms with Gasteiger partial charge in [0.25, 0.3) is 0 Å². The molecule has 0 fully saturated rings. The first-order valence-electron chi connectivity index (χ1n) is 6.11. The molecule has 0 aromatic rings. The van der Waals surface area contributed by atoms with Crippen LogP contribution in [0.3, 0.4) is 0 Å².